The third kappa shape index (κ3) is 4.81. The van der Waals surface area contributed by atoms with Crippen molar-refractivity contribution in [1.82, 2.24) is 15.1 Å². The van der Waals surface area contributed by atoms with E-state index >= 15 is 0 Å². The average molecular weight is 291 g/mol. The Labute approximate surface area is 126 Å². The lowest BCUT2D eigenvalue weighted by Crippen LogP contribution is -2.45. The molecule has 2 N–H and O–H groups in total. The van der Waals surface area contributed by atoms with Crippen LogP contribution < -0.4 is 5.32 Å². The van der Waals surface area contributed by atoms with Crippen LogP contribution in [-0.4, -0.2) is 66.7 Å². The number of carbonyl (C=O) groups excluding carboxylic acids is 1. The number of amides is 1. The van der Waals surface area contributed by atoms with Gasteiger partial charge in [-0.15, -0.1) is 0 Å². The summed E-state index contributed by atoms with van der Waals surface area (Å²) in [6, 6.07) is 9.76. The molecule has 1 saturated heterocycles. The molecule has 1 fully saturated rings. The monoisotopic (exact) mass is 291 g/mol. The average Bonchev–Trinajstić information content (AvgIpc) is 2.90. The van der Waals surface area contributed by atoms with E-state index in [1.165, 1.54) is 0 Å². The molecule has 1 heterocycles. The largest absolute Gasteiger partial charge is 0.392 e. The second-order valence-corrected chi connectivity index (χ2v) is 5.90. The Bertz CT molecular complexity index is 450. The Kier molecular flexibility index (Phi) is 5.73. The van der Waals surface area contributed by atoms with Gasteiger partial charge in [0.1, 0.15) is 0 Å². The highest BCUT2D eigenvalue weighted by Gasteiger charge is 2.31. The molecule has 0 aliphatic carbocycles. The van der Waals surface area contributed by atoms with Crippen LogP contribution in [0.2, 0.25) is 0 Å². The van der Waals surface area contributed by atoms with Gasteiger partial charge >= 0.3 is 0 Å². The summed E-state index contributed by atoms with van der Waals surface area (Å²) in [5.41, 5.74) is 1.13. The van der Waals surface area contributed by atoms with Crippen molar-refractivity contribution in [3.8, 4) is 0 Å². The smallest absolute Gasteiger partial charge is 0.240 e. The number of rotatable bonds is 6. The van der Waals surface area contributed by atoms with Crippen LogP contribution in [0.15, 0.2) is 30.3 Å². The van der Waals surface area contributed by atoms with E-state index in [0.29, 0.717) is 26.1 Å². The molecule has 2 unspecified atom stereocenters. The number of β-amino-alcohol motifs (C(OH)–C–C–N with tert-alkyl or cyclic N) is 1. The summed E-state index contributed by atoms with van der Waals surface area (Å²) in [6.07, 6.45) is 0.0953. The van der Waals surface area contributed by atoms with E-state index in [2.05, 4.69) is 10.2 Å². The minimum atomic E-state index is -0.411. The zero-order valence-corrected chi connectivity index (χ0v) is 12.8. The van der Waals surface area contributed by atoms with Crippen molar-refractivity contribution in [3.05, 3.63) is 35.9 Å². The first-order chi connectivity index (χ1) is 10.1. The molecule has 21 heavy (non-hydrogen) atoms. The fourth-order valence-electron chi connectivity index (χ4n) is 2.52. The van der Waals surface area contributed by atoms with Gasteiger partial charge in [0.2, 0.25) is 5.91 Å². The fourth-order valence-corrected chi connectivity index (χ4v) is 2.52. The number of nitrogens with zero attached hydrogens (tertiary/aromatic N) is 2. The lowest BCUT2D eigenvalue weighted by atomic mass is 10.1. The van der Waals surface area contributed by atoms with Crippen molar-refractivity contribution in [1.29, 1.82) is 0 Å². The summed E-state index contributed by atoms with van der Waals surface area (Å²) in [6.45, 7) is 2.63. The van der Waals surface area contributed by atoms with Crippen molar-refractivity contribution in [2.24, 2.45) is 0 Å². The molecular weight excluding hydrogens is 266 g/mol. The summed E-state index contributed by atoms with van der Waals surface area (Å²) in [4.78, 5) is 16.6. The predicted octanol–water partition coefficient (Wildman–Crippen LogP) is 0.300. The quantitative estimate of drug-likeness (QED) is 0.791. The van der Waals surface area contributed by atoms with Gasteiger partial charge in [-0.2, -0.15) is 0 Å². The van der Waals surface area contributed by atoms with Gasteiger partial charge in [-0.3, -0.25) is 4.79 Å². The molecule has 0 bridgehead atoms. The topological polar surface area (TPSA) is 55.8 Å². The highest BCUT2D eigenvalue weighted by Crippen LogP contribution is 2.12. The van der Waals surface area contributed by atoms with Crippen LogP contribution in [0.4, 0.5) is 0 Å². The van der Waals surface area contributed by atoms with Crippen molar-refractivity contribution >= 4 is 5.91 Å². The normalized spacial score (nSPS) is 21.7. The Morgan fingerprint density at radius 1 is 1.29 bits per heavy atom. The maximum Gasteiger partial charge on any atom is 0.240 e. The number of hydrogen-bond donors (Lipinski definition) is 2. The lowest BCUT2D eigenvalue weighted by molar-refractivity contribution is -0.134. The van der Waals surface area contributed by atoms with E-state index < -0.39 is 6.10 Å². The number of likely N-dealkylation sites (N-methyl/N-ethyl adjacent to an activating group) is 1. The molecule has 5 nitrogen and oxygen atoms in total. The van der Waals surface area contributed by atoms with Crippen LogP contribution in [-0.2, 0) is 11.3 Å². The van der Waals surface area contributed by atoms with E-state index in [9.17, 15) is 9.90 Å². The van der Waals surface area contributed by atoms with E-state index in [1.54, 1.807) is 0 Å². The molecule has 2 rings (SSSR count). The molecule has 0 radical (unpaired) electrons. The number of aliphatic hydroxyl groups is 1. The van der Waals surface area contributed by atoms with Gasteiger partial charge in [-0.25, -0.2) is 0 Å². The third-order valence-electron chi connectivity index (χ3n) is 3.75. The van der Waals surface area contributed by atoms with Crippen LogP contribution in [0.25, 0.3) is 0 Å². The van der Waals surface area contributed by atoms with Crippen LogP contribution in [0.3, 0.4) is 0 Å². The first-order valence-corrected chi connectivity index (χ1v) is 7.45. The highest BCUT2D eigenvalue weighted by molar-refractivity contribution is 5.82. The van der Waals surface area contributed by atoms with Crippen LogP contribution >= 0.6 is 0 Å². The molecule has 0 spiro atoms. The van der Waals surface area contributed by atoms with Gasteiger partial charge in [0.15, 0.2) is 0 Å². The predicted molar refractivity (Wildman–Crippen MR) is 82.8 cm³/mol. The molecule has 5 heteroatoms. The van der Waals surface area contributed by atoms with Gasteiger partial charge in [0.05, 0.1) is 12.1 Å². The zero-order chi connectivity index (χ0) is 15.2. The standard InChI is InChI=1S/C16H25N3O2/c1-18(2)8-9-19(12-13-6-4-3-5-7-13)16(21)15-10-14(20)11-17-15/h3-7,14-15,17,20H,8-12H2,1-2H3. The summed E-state index contributed by atoms with van der Waals surface area (Å²) in [5.74, 6) is 0.0808. The summed E-state index contributed by atoms with van der Waals surface area (Å²) in [7, 11) is 4.01. The zero-order valence-electron chi connectivity index (χ0n) is 12.8. The number of benzene rings is 1. The molecule has 116 valence electrons. The van der Waals surface area contributed by atoms with E-state index in [-0.39, 0.29) is 11.9 Å². The molecule has 0 saturated carbocycles. The Hall–Kier alpha value is -1.43. The summed E-state index contributed by atoms with van der Waals surface area (Å²) >= 11 is 0. The van der Waals surface area contributed by atoms with Gasteiger partial charge < -0.3 is 20.2 Å². The van der Waals surface area contributed by atoms with Crippen molar-refractivity contribution in [3.63, 3.8) is 0 Å². The Morgan fingerprint density at radius 3 is 2.57 bits per heavy atom. The maximum absolute atomic E-state index is 12.6. The van der Waals surface area contributed by atoms with Crippen molar-refractivity contribution in [2.45, 2.75) is 25.1 Å². The minimum absolute atomic E-state index is 0.0808. The third-order valence-corrected chi connectivity index (χ3v) is 3.75. The first-order valence-electron chi connectivity index (χ1n) is 7.45. The Balaban J connectivity index is 2.02. The summed E-state index contributed by atoms with van der Waals surface area (Å²) in [5, 5.41) is 12.7. The van der Waals surface area contributed by atoms with Gasteiger partial charge in [0.25, 0.3) is 0 Å². The first kappa shape index (κ1) is 15.9. The molecule has 1 aromatic carbocycles. The van der Waals surface area contributed by atoms with Crippen LogP contribution in [0.1, 0.15) is 12.0 Å². The number of nitrogens with one attached hydrogen (secondary N) is 1. The second-order valence-electron chi connectivity index (χ2n) is 5.90. The molecule has 0 aromatic heterocycles. The van der Waals surface area contributed by atoms with Crippen molar-refractivity contribution in [2.75, 3.05) is 33.7 Å². The van der Waals surface area contributed by atoms with Crippen LogP contribution in [0.5, 0.6) is 0 Å². The lowest BCUT2D eigenvalue weighted by Gasteiger charge is -2.27. The minimum Gasteiger partial charge on any atom is -0.392 e. The van der Waals surface area contributed by atoms with Gasteiger partial charge in [-0.05, 0) is 26.1 Å². The number of carbonyl (C=O) groups is 1. The second kappa shape index (κ2) is 7.54. The summed E-state index contributed by atoms with van der Waals surface area (Å²) < 4.78 is 0. The SMILES string of the molecule is CN(C)CCN(Cc1ccccc1)C(=O)C1CC(O)CN1. The number of hydrogen-bond acceptors (Lipinski definition) is 4. The van der Waals surface area contributed by atoms with E-state index in [1.807, 2.05) is 49.3 Å². The Morgan fingerprint density at radius 2 is 2.00 bits per heavy atom. The van der Waals surface area contributed by atoms with Gasteiger partial charge in [-0.1, -0.05) is 30.3 Å². The van der Waals surface area contributed by atoms with E-state index in [4.69, 9.17) is 0 Å². The number of aliphatic hydroxyl groups excluding tert-OH is 1. The molecule has 1 aliphatic heterocycles. The molecule has 2 atom stereocenters. The van der Waals surface area contributed by atoms with Crippen molar-refractivity contribution < 1.29 is 9.90 Å². The van der Waals surface area contributed by atoms with E-state index in [0.717, 1.165) is 12.1 Å². The maximum atomic E-state index is 12.6. The molecule has 1 amide bonds. The highest BCUT2D eigenvalue weighted by atomic mass is 16.3. The molecular formula is C16H25N3O2. The van der Waals surface area contributed by atoms with Crippen LogP contribution in [0, 0.1) is 0 Å². The molecule has 1 aromatic rings. The molecule has 1 aliphatic rings. The van der Waals surface area contributed by atoms with Gasteiger partial charge in [0, 0.05) is 26.2 Å². The fraction of sp³-hybridized carbons (Fsp3) is 0.562.